The summed E-state index contributed by atoms with van der Waals surface area (Å²) >= 11 is 1.62. The quantitative estimate of drug-likeness (QED) is 0.430. The van der Waals surface area contributed by atoms with Gasteiger partial charge >= 0.3 is 0 Å². The minimum absolute atomic E-state index is 0.176. The lowest BCUT2D eigenvalue weighted by Gasteiger charge is -2.15. The van der Waals surface area contributed by atoms with Gasteiger partial charge in [-0.3, -0.25) is 4.79 Å². The van der Waals surface area contributed by atoms with Crippen molar-refractivity contribution in [1.82, 2.24) is 9.88 Å². The summed E-state index contributed by atoms with van der Waals surface area (Å²) < 4.78 is 11.4. The van der Waals surface area contributed by atoms with Crippen LogP contribution in [-0.2, 0) is 13.0 Å². The smallest absolute Gasteiger partial charge is 0.290 e. The average molecular weight is 407 g/mol. The molecule has 0 unspecified atom stereocenters. The molecule has 2 heterocycles. The Hall–Kier alpha value is -3.12. The second-order valence-corrected chi connectivity index (χ2v) is 7.72. The summed E-state index contributed by atoms with van der Waals surface area (Å²) in [7, 11) is 3.39. The third kappa shape index (κ3) is 3.76. The van der Waals surface area contributed by atoms with Gasteiger partial charge in [0.1, 0.15) is 11.3 Å². The fourth-order valence-corrected chi connectivity index (χ4v) is 4.05. The highest BCUT2D eigenvalue weighted by Gasteiger charge is 2.25. The van der Waals surface area contributed by atoms with E-state index in [4.69, 9.17) is 9.15 Å². The van der Waals surface area contributed by atoms with Crippen molar-refractivity contribution in [1.29, 1.82) is 0 Å². The summed E-state index contributed by atoms with van der Waals surface area (Å²) in [6.07, 6.45) is 0.895. The zero-order chi connectivity index (χ0) is 20.4. The Morgan fingerprint density at radius 2 is 2.00 bits per heavy atom. The zero-order valence-corrected chi connectivity index (χ0v) is 17.5. The van der Waals surface area contributed by atoms with Gasteiger partial charge in [-0.25, -0.2) is 4.98 Å². The molecule has 6 heteroatoms. The minimum Gasteiger partial charge on any atom is -0.497 e. The van der Waals surface area contributed by atoms with E-state index in [0.29, 0.717) is 23.6 Å². The predicted molar refractivity (Wildman–Crippen MR) is 115 cm³/mol. The molecule has 5 nitrogen and oxygen atoms in total. The van der Waals surface area contributed by atoms with Gasteiger partial charge in [-0.15, -0.1) is 11.3 Å². The Kier molecular flexibility index (Phi) is 5.36. The van der Waals surface area contributed by atoms with E-state index in [1.807, 2.05) is 53.9 Å². The number of thiazole rings is 1. The molecule has 29 heavy (non-hydrogen) atoms. The van der Waals surface area contributed by atoms with E-state index in [1.165, 1.54) is 0 Å². The number of hydrogen-bond donors (Lipinski definition) is 0. The summed E-state index contributed by atoms with van der Waals surface area (Å²) in [5.74, 6) is 0.839. The van der Waals surface area contributed by atoms with E-state index >= 15 is 0 Å². The van der Waals surface area contributed by atoms with Crippen molar-refractivity contribution >= 4 is 28.2 Å². The molecule has 2 aromatic carbocycles. The fraction of sp³-hybridized carbons (Fsp3) is 0.217. The van der Waals surface area contributed by atoms with Crippen molar-refractivity contribution in [3.63, 3.8) is 0 Å². The monoisotopic (exact) mass is 406 g/mol. The Morgan fingerprint density at radius 3 is 2.69 bits per heavy atom. The van der Waals surface area contributed by atoms with Crippen LogP contribution in [0.15, 0.2) is 58.3 Å². The highest BCUT2D eigenvalue weighted by molar-refractivity contribution is 7.09. The summed E-state index contributed by atoms with van der Waals surface area (Å²) in [5.41, 5.74) is 3.26. The van der Waals surface area contributed by atoms with Crippen LogP contribution in [0, 0.1) is 0 Å². The van der Waals surface area contributed by atoms with Gasteiger partial charge in [0.25, 0.3) is 5.91 Å². The number of amides is 1. The van der Waals surface area contributed by atoms with Crippen molar-refractivity contribution < 1.29 is 13.9 Å². The Bertz CT molecular complexity index is 1150. The van der Waals surface area contributed by atoms with Crippen LogP contribution in [-0.4, -0.2) is 29.9 Å². The zero-order valence-electron chi connectivity index (χ0n) is 16.6. The maximum atomic E-state index is 13.3. The largest absolute Gasteiger partial charge is 0.497 e. The second-order valence-electron chi connectivity index (χ2n) is 6.78. The highest BCUT2D eigenvalue weighted by Crippen LogP contribution is 2.37. The first kappa shape index (κ1) is 19.2. The molecule has 2 aromatic heterocycles. The Morgan fingerprint density at radius 1 is 1.21 bits per heavy atom. The molecule has 148 valence electrons. The summed E-state index contributed by atoms with van der Waals surface area (Å²) in [6.45, 7) is 2.51. The molecule has 0 aliphatic carbocycles. The number of hydrogen-bond acceptors (Lipinski definition) is 5. The van der Waals surface area contributed by atoms with Gasteiger partial charge in [-0.1, -0.05) is 37.3 Å². The number of ether oxygens (including phenoxy) is 1. The lowest BCUT2D eigenvalue weighted by molar-refractivity contribution is 0.0755. The van der Waals surface area contributed by atoms with Crippen LogP contribution in [0.5, 0.6) is 5.75 Å². The second kappa shape index (κ2) is 8.09. The molecule has 0 atom stereocenters. The van der Waals surface area contributed by atoms with Crippen molar-refractivity contribution in [3.05, 3.63) is 70.4 Å². The minimum atomic E-state index is -0.176. The highest BCUT2D eigenvalue weighted by atomic mass is 32.1. The molecule has 0 spiro atoms. The molecule has 1 amide bonds. The number of carbonyl (C=O) groups is 1. The molecule has 0 bridgehead atoms. The first-order chi connectivity index (χ1) is 14.1. The standard InChI is InChI=1S/C23H22N2O3S/c1-4-20-24-16(14-29-20)13-25(2)23(26)22-21(15-8-6-5-7-9-15)18-11-10-17(27-3)12-19(18)28-22/h5-12,14H,4,13H2,1-3H3. The van der Waals surface area contributed by atoms with E-state index in [0.717, 1.165) is 33.6 Å². The normalized spacial score (nSPS) is 11.0. The number of nitrogens with zero attached hydrogens (tertiary/aromatic N) is 2. The van der Waals surface area contributed by atoms with Crippen molar-refractivity contribution in [2.24, 2.45) is 0 Å². The number of benzene rings is 2. The van der Waals surface area contributed by atoms with Gasteiger partial charge in [0.05, 0.1) is 24.4 Å². The van der Waals surface area contributed by atoms with Gasteiger partial charge in [-0.05, 0) is 24.1 Å². The van der Waals surface area contributed by atoms with Gasteiger partial charge in [-0.2, -0.15) is 0 Å². The van der Waals surface area contributed by atoms with Crippen LogP contribution < -0.4 is 4.74 Å². The number of aryl methyl sites for hydroxylation is 1. The van der Waals surface area contributed by atoms with Crippen molar-refractivity contribution in [2.45, 2.75) is 19.9 Å². The summed E-state index contributed by atoms with van der Waals surface area (Å²) in [6, 6.07) is 15.5. The Balaban J connectivity index is 1.75. The number of fused-ring (bicyclic) bond motifs is 1. The van der Waals surface area contributed by atoms with E-state index in [1.54, 1.807) is 30.4 Å². The van der Waals surface area contributed by atoms with Gasteiger partial charge in [0, 0.05) is 29.4 Å². The van der Waals surface area contributed by atoms with Crippen molar-refractivity contribution in [2.75, 3.05) is 14.2 Å². The lowest BCUT2D eigenvalue weighted by Crippen LogP contribution is -2.26. The molecule has 0 saturated carbocycles. The molecule has 0 radical (unpaired) electrons. The fourth-order valence-electron chi connectivity index (χ4n) is 3.32. The molecule has 0 N–H and O–H groups in total. The molecular formula is C23H22N2O3S. The number of aromatic nitrogens is 1. The average Bonchev–Trinajstić information content (AvgIpc) is 3.37. The van der Waals surface area contributed by atoms with Crippen molar-refractivity contribution in [3.8, 4) is 16.9 Å². The number of furan rings is 1. The van der Waals surface area contributed by atoms with E-state index in [9.17, 15) is 4.79 Å². The van der Waals surface area contributed by atoms with Gasteiger partial charge in [0.15, 0.2) is 0 Å². The molecular weight excluding hydrogens is 384 g/mol. The molecule has 4 aromatic rings. The number of rotatable bonds is 6. The van der Waals surface area contributed by atoms with Gasteiger partial charge < -0.3 is 14.1 Å². The SMILES string of the molecule is CCc1nc(CN(C)C(=O)c2oc3cc(OC)ccc3c2-c2ccccc2)cs1. The van der Waals surface area contributed by atoms with Crippen LogP contribution in [0.25, 0.3) is 22.1 Å². The third-order valence-corrected chi connectivity index (χ3v) is 5.84. The lowest BCUT2D eigenvalue weighted by atomic mass is 10.0. The Labute approximate surface area is 173 Å². The maximum absolute atomic E-state index is 13.3. The predicted octanol–water partition coefficient (Wildman–Crippen LogP) is 5.40. The van der Waals surface area contributed by atoms with E-state index in [2.05, 4.69) is 11.9 Å². The van der Waals surface area contributed by atoms with Crippen LogP contribution in [0.4, 0.5) is 0 Å². The van der Waals surface area contributed by atoms with Crippen LogP contribution >= 0.6 is 11.3 Å². The molecule has 0 aliphatic rings. The number of methoxy groups -OCH3 is 1. The first-order valence-electron chi connectivity index (χ1n) is 9.45. The maximum Gasteiger partial charge on any atom is 0.290 e. The third-order valence-electron chi connectivity index (χ3n) is 4.80. The van der Waals surface area contributed by atoms with Crippen LogP contribution in [0.3, 0.4) is 0 Å². The molecule has 0 fully saturated rings. The van der Waals surface area contributed by atoms with E-state index < -0.39 is 0 Å². The molecule has 0 aliphatic heterocycles. The number of carbonyl (C=O) groups excluding carboxylic acids is 1. The van der Waals surface area contributed by atoms with Crippen LogP contribution in [0.1, 0.15) is 28.2 Å². The summed E-state index contributed by atoms with van der Waals surface area (Å²) in [5, 5.41) is 3.96. The van der Waals surface area contributed by atoms with Gasteiger partial charge in [0.2, 0.25) is 5.76 Å². The summed E-state index contributed by atoms with van der Waals surface area (Å²) in [4.78, 5) is 19.5. The topological polar surface area (TPSA) is 55.6 Å². The first-order valence-corrected chi connectivity index (χ1v) is 10.3. The van der Waals surface area contributed by atoms with Crippen LogP contribution in [0.2, 0.25) is 0 Å². The van der Waals surface area contributed by atoms with E-state index in [-0.39, 0.29) is 5.91 Å². The molecule has 4 rings (SSSR count). The molecule has 0 saturated heterocycles.